The molecule has 2 amide bonds. The van der Waals surface area contributed by atoms with Gasteiger partial charge in [-0.25, -0.2) is 0 Å². The van der Waals surface area contributed by atoms with Crippen molar-refractivity contribution in [2.24, 2.45) is 5.73 Å². The van der Waals surface area contributed by atoms with Gasteiger partial charge in [-0.3, -0.25) is 20.4 Å². The topological polar surface area (TPSA) is 144 Å². The molecule has 1 aromatic heterocycles. The average Bonchev–Trinajstić information content (AvgIpc) is 3.63. The van der Waals surface area contributed by atoms with E-state index in [-0.39, 0.29) is 42.2 Å². The molecule has 40 heavy (non-hydrogen) atoms. The van der Waals surface area contributed by atoms with E-state index in [0.717, 1.165) is 26.4 Å². The Morgan fingerprint density at radius 3 is 2.42 bits per heavy atom. The van der Waals surface area contributed by atoms with E-state index in [1.165, 1.54) is 11.3 Å². The molecule has 2 heterocycles. The van der Waals surface area contributed by atoms with E-state index in [9.17, 15) is 9.59 Å². The molecule has 5 rings (SSSR count). The highest BCUT2D eigenvalue weighted by atomic mass is 32.1. The second-order valence-corrected chi connectivity index (χ2v) is 11.0. The smallest absolute Gasteiger partial charge is 0.251 e. The molecule has 3 atom stereocenters. The molecule has 1 unspecified atom stereocenters. The lowest BCUT2D eigenvalue weighted by Gasteiger charge is -2.27. The van der Waals surface area contributed by atoms with Gasteiger partial charge < -0.3 is 26.0 Å². The van der Waals surface area contributed by atoms with Crippen molar-refractivity contribution < 1.29 is 14.3 Å². The van der Waals surface area contributed by atoms with Crippen LogP contribution in [0.15, 0.2) is 66.0 Å². The molecule has 206 valence electrons. The van der Waals surface area contributed by atoms with Crippen LogP contribution in [-0.2, 0) is 9.53 Å². The monoisotopic (exact) mass is 556 g/mol. The summed E-state index contributed by atoms with van der Waals surface area (Å²) in [5.41, 5.74) is 6.71. The van der Waals surface area contributed by atoms with Crippen molar-refractivity contribution >= 4 is 56.4 Å². The molecule has 10 heteroatoms. The summed E-state index contributed by atoms with van der Waals surface area (Å²) in [6, 6.07) is 18.8. The molecule has 0 aliphatic carbocycles. The highest BCUT2D eigenvalue weighted by Crippen LogP contribution is 2.26. The Morgan fingerprint density at radius 1 is 1.05 bits per heavy atom. The summed E-state index contributed by atoms with van der Waals surface area (Å²) < 4.78 is 5.52. The zero-order valence-corrected chi connectivity index (χ0v) is 23.2. The van der Waals surface area contributed by atoms with Crippen molar-refractivity contribution in [3.8, 4) is 0 Å². The number of nitrogens with zero attached hydrogens (tertiary/aromatic N) is 1. The minimum absolute atomic E-state index is 0.0152. The first-order chi connectivity index (χ1) is 19.2. The second kappa shape index (κ2) is 11.4. The maximum Gasteiger partial charge on any atom is 0.251 e. The van der Waals surface area contributed by atoms with Gasteiger partial charge in [0, 0.05) is 41.5 Å². The van der Waals surface area contributed by atoms with Crippen LogP contribution in [-0.4, -0.2) is 60.7 Å². The molecule has 1 aliphatic heterocycles. The van der Waals surface area contributed by atoms with E-state index in [0.29, 0.717) is 24.1 Å². The Bertz CT molecular complexity index is 1620. The molecule has 1 saturated heterocycles. The number of carbonyl (C=O) groups is 2. The van der Waals surface area contributed by atoms with Crippen LogP contribution in [0.1, 0.15) is 40.2 Å². The summed E-state index contributed by atoms with van der Waals surface area (Å²) >= 11 is 1.43. The summed E-state index contributed by atoms with van der Waals surface area (Å²) in [7, 11) is 1.59. The number of ether oxygens (including phenoxy) is 1. The quantitative estimate of drug-likeness (QED) is 0.127. The number of benzene rings is 3. The fraction of sp³-hybridized carbons (Fsp3) is 0.267. The Kier molecular flexibility index (Phi) is 7.81. The van der Waals surface area contributed by atoms with Gasteiger partial charge in [0.15, 0.2) is 0 Å². The second-order valence-electron chi connectivity index (χ2n) is 10.0. The first-order valence-corrected chi connectivity index (χ1v) is 13.9. The van der Waals surface area contributed by atoms with Crippen LogP contribution in [0.5, 0.6) is 0 Å². The van der Waals surface area contributed by atoms with Crippen molar-refractivity contribution in [3.05, 3.63) is 82.0 Å². The first-order valence-electron chi connectivity index (χ1n) is 13.0. The number of carbonyl (C=O) groups excluding carboxylic acids is 2. The number of hydrogen-bond donors (Lipinski definition) is 5. The number of amides is 2. The summed E-state index contributed by atoms with van der Waals surface area (Å²) in [5, 5.41) is 28.2. The molecule has 1 aliphatic rings. The van der Waals surface area contributed by atoms with E-state index in [4.69, 9.17) is 21.3 Å². The predicted molar refractivity (Wildman–Crippen MR) is 159 cm³/mol. The van der Waals surface area contributed by atoms with E-state index in [2.05, 4.69) is 28.8 Å². The number of likely N-dealkylation sites (tertiary alicyclic amines) is 1. The minimum atomic E-state index is -0.599. The van der Waals surface area contributed by atoms with Gasteiger partial charge in [-0.15, -0.1) is 11.3 Å². The SMILES string of the molecule is CO[C@@H]1CC(C(=O)N[C@H](C)c2cc(C(=N)N)cs2)N(C(=N)CNC(=O)c2ccc3cc4ccccc4cc3c2)C1. The molecule has 6 N–H and O–H groups in total. The number of hydrogen-bond acceptors (Lipinski definition) is 6. The van der Waals surface area contributed by atoms with Gasteiger partial charge in [-0.05, 0) is 58.8 Å². The number of fused-ring (bicyclic) bond motifs is 2. The molecule has 0 bridgehead atoms. The highest BCUT2D eigenvalue weighted by Gasteiger charge is 2.38. The van der Waals surface area contributed by atoms with Crippen molar-refractivity contribution in [1.29, 1.82) is 10.8 Å². The van der Waals surface area contributed by atoms with E-state index < -0.39 is 6.04 Å². The van der Waals surface area contributed by atoms with Crippen LogP contribution >= 0.6 is 11.3 Å². The van der Waals surface area contributed by atoms with Gasteiger partial charge >= 0.3 is 0 Å². The van der Waals surface area contributed by atoms with Crippen molar-refractivity contribution in [3.63, 3.8) is 0 Å². The van der Waals surface area contributed by atoms with Gasteiger partial charge in [0.05, 0.1) is 18.7 Å². The third-order valence-corrected chi connectivity index (χ3v) is 8.46. The third kappa shape index (κ3) is 5.68. The number of thiophene rings is 1. The van der Waals surface area contributed by atoms with E-state index >= 15 is 0 Å². The van der Waals surface area contributed by atoms with Crippen molar-refractivity contribution in [1.82, 2.24) is 15.5 Å². The average molecular weight is 557 g/mol. The highest BCUT2D eigenvalue weighted by molar-refractivity contribution is 7.10. The standard InChI is InChI=1S/C30H32N6O3S/c1-17(26-12-23(16-40-26)28(32)33)35-30(38)25-13-24(39-2)15-36(25)27(31)14-34-29(37)21-8-7-20-9-18-5-3-4-6-19(18)10-22(20)11-21/h3-12,16-17,24-25,31H,13-15H2,1-2H3,(H3,32,33)(H,34,37)(H,35,38)/t17-,24-,25?/m1/s1. The van der Waals surface area contributed by atoms with Crippen LogP contribution in [0.25, 0.3) is 21.5 Å². The molecular weight excluding hydrogens is 524 g/mol. The number of nitrogens with two attached hydrogens (primary N) is 1. The lowest BCUT2D eigenvalue weighted by atomic mass is 10.0. The van der Waals surface area contributed by atoms with E-state index in [1.54, 1.807) is 29.5 Å². The number of rotatable bonds is 8. The van der Waals surface area contributed by atoms with Gasteiger partial charge in [0.1, 0.15) is 17.7 Å². The summed E-state index contributed by atoms with van der Waals surface area (Å²) in [6.45, 7) is 2.24. The van der Waals surface area contributed by atoms with Crippen LogP contribution < -0.4 is 16.4 Å². The normalized spacial score (nSPS) is 17.6. The van der Waals surface area contributed by atoms with Crippen LogP contribution in [0, 0.1) is 10.8 Å². The minimum Gasteiger partial charge on any atom is -0.384 e. The Hall–Kier alpha value is -4.28. The van der Waals surface area contributed by atoms with Crippen LogP contribution in [0.3, 0.4) is 0 Å². The number of methoxy groups -OCH3 is 1. The van der Waals surface area contributed by atoms with Gasteiger partial charge in [-0.2, -0.15) is 0 Å². The van der Waals surface area contributed by atoms with Crippen LogP contribution in [0.2, 0.25) is 0 Å². The maximum atomic E-state index is 13.3. The van der Waals surface area contributed by atoms with Crippen LogP contribution in [0.4, 0.5) is 0 Å². The molecule has 9 nitrogen and oxygen atoms in total. The molecule has 0 spiro atoms. The summed E-state index contributed by atoms with van der Waals surface area (Å²) in [5.74, 6) is -0.375. The molecule has 1 fully saturated rings. The number of nitrogen functional groups attached to an aromatic ring is 1. The molecular formula is C30H32N6O3S. The summed E-state index contributed by atoms with van der Waals surface area (Å²) in [6.07, 6.45) is 0.233. The fourth-order valence-electron chi connectivity index (χ4n) is 5.07. The Morgan fingerprint density at radius 2 is 1.75 bits per heavy atom. The maximum absolute atomic E-state index is 13.3. The number of nitrogens with one attached hydrogen (secondary N) is 4. The summed E-state index contributed by atoms with van der Waals surface area (Å²) in [4.78, 5) is 28.9. The zero-order chi connectivity index (χ0) is 28.4. The molecule has 4 aromatic rings. The fourth-order valence-corrected chi connectivity index (χ4v) is 5.98. The van der Waals surface area contributed by atoms with E-state index in [1.807, 2.05) is 37.3 Å². The van der Waals surface area contributed by atoms with Gasteiger partial charge in [0.25, 0.3) is 5.91 Å². The van der Waals surface area contributed by atoms with Gasteiger partial charge in [-0.1, -0.05) is 30.3 Å². The largest absolute Gasteiger partial charge is 0.384 e. The Labute approximate surface area is 236 Å². The van der Waals surface area contributed by atoms with Crippen molar-refractivity contribution in [2.75, 3.05) is 20.2 Å². The molecule has 0 saturated carbocycles. The van der Waals surface area contributed by atoms with Gasteiger partial charge in [0.2, 0.25) is 5.91 Å². The predicted octanol–water partition coefficient (Wildman–Crippen LogP) is 4.01. The zero-order valence-electron chi connectivity index (χ0n) is 22.4. The lowest BCUT2D eigenvalue weighted by Crippen LogP contribution is -2.49. The number of amidine groups is 2. The molecule has 0 radical (unpaired) electrons. The lowest BCUT2D eigenvalue weighted by molar-refractivity contribution is -0.125. The van der Waals surface area contributed by atoms with Crippen molar-refractivity contribution in [2.45, 2.75) is 31.5 Å². The first kappa shape index (κ1) is 27.3. The Balaban J connectivity index is 1.24. The third-order valence-electron chi connectivity index (χ3n) is 7.35. The molecule has 3 aromatic carbocycles.